The molecule has 0 radical (unpaired) electrons. The fraction of sp³-hybridized carbons (Fsp3) is 0.136. The average Bonchev–Trinajstić information content (AvgIpc) is 2.73. The van der Waals surface area contributed by atoms with Gasteiger partial charge in [-0.2, -0.15) is 0 Å². The van der Waals surface area contributed by atoms with E-state index in [0.717, 1.165) is 29.7 Å². The standard InChI is InChI=1S/C22H16ClN3O2/c23-18-7-5-14(11-20(18)26(27)28)22-17-12-24-10-9-16(17)21-15-4-2-1-3-13(15)6-8-19(21)25-22/h1-8,11,24H,9-10,12H2. The first kappa shape index (κ1) is 17.1. The molecule has 0 aliphatic carbocycles. The molecular formula is C22H16ClN3O2. The SMILES string of the molecule is O=[N+]([O-])c1cc(-c2nc3ccc4ccccc4c3c3c2CNCC3)ccc1Cl. The molecular weight excluding hydrogens is 374 g/mol. The molecule has 0 spiro atoms. The fourth-order valence-corrected chi connectivity index (χ4v) is 4.27. The quantitative estimate of drug-likeness (QED) is 0.288. The van der Waals surface area contributed by atoms with Crippen molar-refractivity contribution in [3.63, 3.8) is 0 Å². The molecule has 5 rings (SSSR count). The summed E-state index contributed by atoms with van der Waals surface area (Å²) < 4.78 is 0. The zero-order valence-corrected chi connectivity index (χ0v) is 15.7. The van der Waals surface area contributed by atoms with Gasteiger partial charge in [-0.15, -0.1) is 0 Å². The van der Waals surface area contributed by atoms with Crippen molar-refractivity contribution < 1.29 is 4.92 Å². The summed E-state index contributed by atoms with van der Waals surface area (Å²) in [4.78, 5) is 15.8. The summed E-state index contributed by atoms with van der Waals surface area (Å²) in [5.74, 6) is 0. The molecule has 3 aromatic carbocycles. The smallest absolute Gasteiger partial charge is 0.288 e. The van der Waals surface area contributed by atoms with Gasteiger partial charge in [0.25, 0.3) is 5.69 Å². The number of nitrogens with zero attached hydrogens (tertiary/aromatic N) is 2. The van der Waals surface area contributed by atoms with E-state index in [-0.39, 0.29) is 10.7 Å². The summed E-state index contributed by atoms with van der Waals surface area (Å²) in [6, 6.07) is 17.3. The van der Waals surface area contributed by atoms with E-state index in [0.29, 0.717) is 12.1 Å². The molecule has 2 heterocycles. The van der Waals surface area contributed by atoms with Crippen LogP contribution in [0.4, 0.5) is 5.69 Å². The molecule has 1 aromatic heterocycles. The molecule has 28 heavy (non-hydrogen) atoms. The molecule has 1 aliphatic rings. The van der Waals surface area contributed by atoms with Crippen molar-refractivity contribution in [1.29, 1.82) is 0 Å². The number of nitro benzene ring substituents is 1. The third kappa shape index (κ3) is 2.63. The van der Waals surface area contributed by atoms with Crippen LogP contribution in [0.25, 0.3) is 32.9 Å². The third-order valence-corrected chi connectivity index (χ3v) is 5.68. The highest BCUT2D eigenvalue weighted by Crippen LogP contribution is 2.37. The zero-order valence-electron chi connectivity index (χ0n) is 14.9. The number of nitrogens with one attached hydrogen (secondary N) is 1. The molecule has 0 saturated carbocycles. The summed E-state index contributed by atoms with van der Waals surface area (Å²) >= 11 is 6.01. The predicted octanol–water partition coefficient (Wildman–Crippen LogP) is 5.26. The Hall–Kier alpha value is -3.02. The zero-order chi connectivity index (χ0) is 19.3. The van der Waals surface area contributed by atoms with Crippen LogP contribution < -0.4 is 5.32 Å². The first-order valence-electron chi connectivity index (χ1n) is 9.12. The first-order chi connectivity index (χ1) is 13.6. The van der Waals surface area contributed by atoms with E-state index in [1.165, 1.54) is 27.8 Å². The van der Waals surface area contributed by atoms with Gasteiger partial charge in [0.2, 0.25) is 0 Å². The number of fused-ring (bicyclic) bond motifs is 5. The summed E-state index contributed by atoms with van der Waals surface area (Å²) in [5.41, 5.74) is 4.68. The lowest BCUT2D eigenvalue weighted by molar-refractivity contribution is -0.384. The predicted molar refractivity (Wildman–Crippen MR) is 112 cm³/mol. The average molecular weight is 390 g/mol. The Bertz CT molecular complexity index is 1270. The molecule has 6 heteroatoms. The highest BCUT2D eigenvalue weighted by Gasteiger charge is 2.22. The Kier molecular flexibility index (Phi) is 4.00. The Morgan fingerprint density at radius 3 is 2.79 bits per heavy atom. The van der Waals surface area contributed by atoms with Crippen molar-refractivity contribution in [1.82, 2.24) is 10.3 Å². The van der Waals surface area contributed by atoms with E-state index in [9.17, 15) is 10.1 Å². The van der Waals surface area contributed by atoms with E-state index in [1.807, 2.05) is 18.2 Å². The number of hydrogen-bond acceptors (Lipinski definition) is 4. The Morgan fingerprint density at radius 2 is 1.93 bits per heavy atom. The van der Waals surface area contributed by atoms with Gasteiger partial charge in [-0.05, 0) is 47.0 Å². The van der Waals surface area contributed by atoms with Crippen LogP contribution in [0.1, 0.15) is 11.1 Å². The van der Waals surface area contributed by atoms with E-state index in [4.69, 9.17) is 16.6 Å². The Labute approximate surface area is 166 Å². The van der Waals surface area contributed by atoms with Gasteiger partial charge in [-0.3, -0.25) is 10.1 Å². The number of pyridine rings is 1. The van der Waals surface area contributed by atoms with Gasteiger partial charge in [0.05, 0.1) is 16.1 Å². The summed E-state index contributed by atoms with van der Waals surface area (Å²) in [7, 11) is 0. The summed E-state index contributed by atoms with van der Waals surface area (Å²) in [6.07, 6.45) is 0.894. The van der Waals surface area contributed by atoms with Crippen molar-refractivity contribution in [2.45, 2.75) is 13.0 Å². The lowest BCUT2D eigenvalue weighted by Crippen LogP contribution is -2.25. The third-order valence-electron chi connectivity index (χ3n) is 5.36. The fourth-order valence-electron chi connectivity index (χ4n) is 4.08. The molecule has 0 bridgehead atoms. The van der Waals surface area contributed by atoms with Gasteiger partial charge < -0.3 is 5.32 Å². The lowest BCUT2D eigenvalue weighted by Gasteiger charge is -2.23. The number of rotatable bonds is 2. The summed E-state index contributed by atoms with van der Waals surface area (Å²) in [5, 5.41) is 18.4. The normalized spacial score (nSPS) is 13.6. The maximum absolute atomic E-state index is 11.3. The van der Waals surface area contributed by atoms with Gasteiger partial charge in [0, 0.05) is 23.6 Å². The number of aromatic nitrogens is 1. The van der Waals surface area contributed by atoms with E-state index < -0.39 is 4.92 Å². The van der Waals surface area contributed by atoms with Crippen molar-refractivity contribution in [3.05, 3.63) is 80.9 Å². The van der Waals surface area contributed by atoms with Crippen LogP contribution in [0.5, 0.6) is 0 Å². The van der Waals surface area contributed by atoms with Crippen molar-refractivity contribution in [2.75, 3.05) is 6.54 Å². The lowest BCUT2D eigenvalue weighted by atomic mass is 9.90. The minimum absolute atomic E-state index is 0.0999. The molecule has 1 aliphatic heterocycles. The van der Waals surface area contributed by atoms with E-state index in [1.54, 1.807) is 12.1 Å². The van der Waals surface area contributed by atoms with Crippen LogP contribution in [0, 0.1) is 10.1 Å². The molecule has 138 valence electrons. The molecule has 5 nitrogen and oxygen atoms in total. The van der Waals surface area contributed by atoms with Gasteiger partial charge >= 0.3 is 0 Å². The molecule has 0 unspecified atom stereocenters. The largest absolute Gasteiger partial charge is 0.312 e. The van der Waals surface area contributed by atoms with Gasteiger partial charge in [0.1, 0.15) is 5.02 Å². The minimum Gasteiger partial charge on any atom is -0.312 e. The van der Waals surface area contributed by atoms with Crippen LogP contribution in [-0.4, -0.2) is 16.5 Å². The second kappa shape index (κ2) is 6.55. The highest BCUT2D eigenvalue weighted by atomic mass is 35.5. The molecule has 0 saturated heterocycles. The topological polar surface area (TPSA) is 68.1 Å². The van der Waals surface area contributed by atoms with Crippen LogP contribution in [0.15, 0.2) is 54.6 Å². The van der Waals surface area contributed by atoms with Gasteiger partial charge in [-0.25, -0.2) is 4.98 Å². The Balaban J connectivity index is 1.85. The monoisotopic (exact) mass is 389 g/mol. The molecule has 0 atom stereocenters. The number of halogens is 1. The molecule has 4 aromatic rings. The van der Waals surface area contributed by atoms with Crippen LogP contribution >= 0.6 is 11.6 Å². The van der Waals surface area contributed by atoms with Crippen LogP contribution in [-0.2, 0) is 13.0 Å². The van der Waals surface area contributed by atoms with Crippen LogP contribution in [0.3, 0.4) is 0 Å². The van der Waals surface area contributed by atoms with E-state index >= 15 is 0 Å². The molecule has 1 N–H and O–H groups in total. The van der Waals surface area contributed by atoms with Crippen molar-refractivity contribution >= 4 is 39.0 Å². The van der Waals surface area contributed by atoms with E-state index in [2.05, 4.69) is 23.5 Å². The van der Waals surface area contributed by atoms with Crippen molar-refractivity contribution in [2.24, 2.45) is 0 Å². The van der Waals surface area contributed by atoms with Gasteiger partial charge in [0.15, 0.2) is 0 Å². The molecule has 0 amide bonds. The number of nitro groups is 1. The maximum atomic E-state index is 11.3. The highest BCUT2D eigenvalue weighted by molar-refractivity contribution is 6.32. The maximum Gasteiger partial charge on any atom is 0.288 e. The molecule has 0 fully saturated rings. The number of benzene rings is 3. The van der Waals surface area contributed by atoms with Crippen molar-refractivity contribution in [3.8, 4) is 11.3 Å². The Morgan fingerprint density at radius 1 is 1.07 bits per heavy atom. The summed E-state index contributed by atoms with van der Waals surface area (Å²) in [6.45, 7) is 1.59. The second-order valence-corrected chi connectivity index (χ2v) is 7.36. The van der Waals surface area contributed by atoms with Gasteiger partial charge in [-0.1, -0.05) is 48.0 Å². The minimum atomic E-state index is -0.453. The second-order valence-electron chi connectivity index (χ2n) is 6.95. The van der Waals surface area contributed by atoms with Crippen LogP contribution in [0.2, 0.25) is 5.02 Å². The number of hydrogen-bond donors (Lipinski definition) is 1. The first-order valence-corrected chi connectivity index (χ1v) is 9.49.